The first kappa shape index (κ1) is 23.2. The van der Waals surface area contributed by atoms with Gasteiger partial charge in [-0.15, -0.1) is 0 Å². The Morgan fingerprint density at radius 1 is 0.967 bits per heavy atom. The van der Waals surface area contributed by atoms with Gasteiger partial charge in [0.15, 0.2) is 6.61 Å². The molecule has 0 aliphatic rings. The predicted octanol–water partition coefficient (Wildman–Crippen LogP) is 3.37. The van der Waals surface area contributed by atoms with Crippen LogP contribution in [0, 0.1) is 6.92 Å². The second-order valence-electron chi connectivity index (χ2n) is 7.06. The summed E-state index contributed by atoms with van der Waals surface area (Å²) in [4.78, 5) is 24.3. The average molecular weight is 415 g/mol. The maximum Gasteiger partial charge on any atom is 0.276 e. The highest BCUT2D eigenvalue weighted by molar-refractivity contribution is 5.95. The summed E-state index contributed by atoms with van der Waals surface area (Å²) in [7, 11) is 0. The summed E-state index contributed by atoms with van der Waals surface area (Å²) in [6, 6.07) is 12.5. The molecule has 0 saturated heterocycles. The monoisotopic (exact) mass is 414 g/mol. The molecule has 2 rings (SSSR count). The third-order valence-electron chi connectivity index (χ3n) is 4.28. The molecule has 0 atom stereocenters. The highest BCUT2D eigenvalue weighted by atomic mass is 16.5. The number of ether oxygens (including phenoxy) is 3. The molecule has 2 N–H and O–H groups in total. The van der Waals surface area contributed by atoms with E-state index in [2.05, 4.69) is 24.7 Å². The van der Waals surface area contributed by atoms with Crippen molar-refractivity contribution in [3.63, 3.8) is 0 Å². The van der Waals surface area contributed by atoms with Crippen molar-refractivity contribution in [3.05, 3.63) is 59.2 Å². The van der Waals surface area contributed by atoms with Crippen LogP contribution in [0.3, 0.4) is 0 Å². The van der Waals surface area contributed by atoms with Gasteiger partial charge in [0.25, 0.3) is 11.8 Å². The van der Waals surface area contributed by atoms with Crippen LogP contribution >= 0.6 is 0 Å². The van der Waals surface area contributed by atoms with E-state index in [0.717, 1.165) is 11.1 Å². The number of hydrazine groups is 1. The highest BCUT2D eigenvalue weighted by Gasteiger charge is 2.12. The molecule has 0 heterocycles. The zero-order valence-electron chi connectivity index (χ0n) is 18.0. The number of hydrogen-bond acceptors (Lipinski definition) is 5. The van der Waals surface area contributed by atoms with Crippen LogP contribution < -0.4 is 20.3 Å². The van der Waals surface area contributed by atoms with Gasteiger partial charge in [-0.2, -0.15) is 0 Å². The van der Waals surface area contributed by atoms with E-state index in [1.54, 1.807) is 24.3 Å². The fraction of sp³-hybridized carbons (Fsp3) is 0.391. The third kappa shape index (κ3) is 7.40. The minimum atomic E-state index is -0.449. The van der Waals surface area contributed by atoms with Gasteiger partial charge in [-0.05, 0) is 61.2 Å². The van der Waals surface area contributed by atoms with Crippen molar-refractivity contribution < 1.29 is 23.8 Å². The van der Waals surface area contributed by atoms with E-state index in [-0.39, 0.29) is 12.5 Å². The Labute approximate surface area is 177 Å². The maximum absolute atomic E-state index is 12.2. The molecule has 0 radical (unpaired) electrons. The maximum atomic E-state index is 12.2. The number of hydrogen-bond donors (Lipinski definition) is 2. The van der Waals surface area contributed by atoms with E-state index >= 15 is 0 Å². The lowest BCUT2D eigenvalue weighted by Crippen LogP contribution is -2.43. The summed E-state index contributed by atoms with van der Waals surface area (Å²) in [5.74, 6) is 0.710. The van der Waals surface area contributed by atoms with Crippen molar-refractivity contribution in [3.8, 4) is 11.5 Å². The molecule has 30 heavy (non-hydrogen) atoms. The Balaban J connectivity index is 1.79. The highest BCUT2D eigenvalue weighted by Crippen LogP contribution is 2.27. The van der Waals surface area contributed by atoms with Crippen molar-refractivity contribution in [2.24, 2.45) is 0 Å². The van der Waals surface area contributed by atoms with E-state index in [1.807, 2.05) is 32.0 Å². The Morgan fingerprint density at radius 2 is 1.70 bits per heavy atom. The molecule has 7 heteroatoms. The van der Waals surface area contributed by atoms with Crippen LogP contribution in [0.5, 0.6) is 11.5 Å². The van der Waals surface area contributed by atoms with Crippen LogP contribution in [-0.2, 0) is 9.53 Å². The van der Waals surface area contributed by atoms with E-state index < -0.39 is 11.8 Å². The summed E-state index contributed by atoms with van der Waals surface area (Å²) in [5.41, 5.74) is 7.23. The minimum Gasteiger partial charge on any atom is -0.491 e. The zero-order chi connectivity index (χ0) is 21.9. The number of amides is 2. The smallest absolute Gasteiger partial charge is 0.276 e. The second kappa shape index (κ2) is 11.8. The van der Waals surface area contributed by atoms with Crippen LogP contribution in [0.25, 0.3) is 0 Å². The van der Waals surface area contributed by atoms with Gasteiger partial charge in [-0.25, -0.2) is 0 Å². The molecule has 2 aromatic carbocycles. The molecule has 0 aliphatic carbocycles. The number of carbonyl (C=O) groups is 2. The minimum absolute atomic E-state index is 0.198. The number of aryl methyl sites for hydroxylation is 1. The number of nitrogens with one attached hydrogen (secondary N) is 2. The van der Waals surface area contributed by atoms with Gasteiger partial charge in [0.2, 0.25) is 0 Å². The standard InChI is InChI=1S/C23H30N2O5/c1-5-28-12-13-29-19-9-7-18(8-10-19)23(27)25-24-22(26)15-30-21-14-17(4)6-11-20(21)16(2)3/h6-11,14,16H,5,12-13,15H2,1-4H3,(H,24,26)(H,25,27). The summed E-state index contributed by atoms with van der Waals surface area (Å²) >= 11 is 0. The molecule has 0 saturated carbocycles. The molecule has 0 spiro atoms. The summed E-state index contributed by atoms with van der Waals surface area (Å²) in [6.45, 7) is 9.40. The molecule has 0 fully saturated rings. The van der Waals surface area contributed by atoms with Crippen LogP contribution in [0.4, 0.5) is 0 Å². The van der Waals surface area contributed by atoms with Crippen LogP contribution in [0.2, 0.25) is 0 Å². The first-order valence-corrected chi connectivity index (χ1v) is 10.0. The topological polar surface area (TPSA) is 85.9 Å². The van der Waals surface area contributed by atoms with Gasteiger partial charge in [-0.1, -0.05) is 26.0 Å². The Kier molecular flexibility index (Phi) is 9.15. The van der Waals surface area contributed by atoms with Gasteiger partial charge in [0.1, 0.15) is 18.1 Å². The van der Waals surface area contributed by atoms with Gasteiger partial charge in [-0.3, -0.25) is 20.4 Å². The van der Waals surface area contributed by atoms with Crippen LogP contribution in [-0.4, -0.2) is 38.2 Å². The number of carbonyl (C=O) groups excluding carboxylic acids is 2. The fourth-order valence-corrected chi connectivity index (χ4v) is 2.69. The largest absolute Gasteiger partial charge is 0.491 e. The third-order valence-corrected chi connectivity index (χ3v) is 4.28. The molecule has 2 amide bonds. The molecule has 7 nitrogen and oxygen atoms in total. The number of rotatable bonds is 10. The Bertz CT molecular complexity index is 834. The lowest BCUT2D eigenvalue weighted by atomic mass is 10.0. The first-order chi connectivity index (χ1) is 14.4. The van der Waals surface area contributed by atoms with Gasteiger partial charge in [0.05, 0.1) is 6.61 Å². The Morgan fingerprint density at radius 3 is 2.37 bits per heavy atom. The van der Waals surface area contributed by atoms with E-state index in [4.69, 9.17) is 14.2 Å². The van der Waals surface area contributed by atoms with Gasteiger partial charge >= 0.3 is 0 Å². The van der Waals surface area contributed by atoms with Gasteiger partial charge in [0, 0.05) is 12.2 Å². The number of benzene rings is 2. The molecule has 0 aliphatic heterocycles. The molecule has 0 bridgehead atoms. The lowest BCUT2D eigenvalue weighted by molar-refractivity contribution is -0.123. The normalized spacial score (nSPS) is 10.6. The lowest BCUT2D eigenvalue weighted by Gasteiger charge is -2.15. The second-order valence-corrected chi connectivity index (χ2v) is 7.06. The Hall–Kier alpha value is -3.06. The molecule has 0 unspecified atom stereocenters. The van der Waals surface area contributed by atoms with Crippen molar-refractivity contribution in [2.75, 3.05) is 26.4 Å². The predicted molar refractivity (Wildman–Crippen MR) is 115 cm³/mol. The molecule has 2 aromatic rings. The first-order valence-electron chi connectivity index (χ1n) is 10.0. The van der Waals surface area contributed by atoms with Crippen molar-refractivity contribution in [2.45, 2.75) is 33.6 Å². The molecule has 0 aromatic heterocycles. The fourth-order valence-electron chi connectivity index (χ4n) is 2.69. The summed E-state index contributed by atoms with van der Waals surface area (Å²) < 4.78 is 16.4. The molecular weight excluding hydrogens is 384 g/mol. The quantitative estimate of drug-likeness (QED) is 0.460. The SMILES string of the molecule is CCOCCOc1ccc(C(=O)NNC(=O)COc2cc(C)ccc2C(C)C)cc1. The van der Waals surface area contributed by atoms with E-state index in [0.29, 0.717) is 36.9 Å². The van der Waals surface area contributed by atoms with Crippen LogP contribution in [0.15, 0.2) is 42.5 Å². The molecule has 162 valence electrons. The zero-order valence-corrected chi connectivity index (χ0v) is 18.0. The van der Waals surface area contributed by atoms with E-state index in [1.165, 1.54) is 0 Å². The van der Waals surface area contributed by atoms with Crippen molar-refractivity contribution in [1.29, 1.82) is 0 Å². The van der Waals surface area contributed by atoms with Crippen molar-refractivity contribution in [1.82, 2.24) is 10.9 Å². The average Bonchev–Trinajstić information content (AvgIpc) is 2.73. The van der Waals surface area contributed by atoms with E-state index in [9.17, 15) is 9.59 Å². The summed E-state index contributed by atoms with van der Waals surface area (Å²) in [5, 5.41) is 0. The van der Waals surface area contributed by atoms with Crippen molar-refractivity contribution >= 4 is 11.8 Å². The molecular formula is C23H30N2O5. The van der Waals surface area contributed by atoms with Gasteiger partial charge < -0.3 is 14.2 Å². The van der Waals surface area contributed by atoms with Crippen LogP contribution in [0.1, 0.15) is 48.2 Å². The summed E-state index contributed by atoms with van der Waals surface area (Å²) in [6.07, 6.45) is 0.